The Morgan fingerprint density at radius 3 is 2.38 bits per heavy atom. The van der Waals surface area contributed by atoms with Crippen LogP contribution in [0.2, 0.25) is 0 Å². The van der Waals surface area contributed by atoms with Gasteiger partial charge >= 0.3 is 0 Å². The first-order valence-electron chi connectivity index (χ1n) is 7.25. The van der Waals surface area contributed by atoms with Gasteiger partial charge in [-0.2, -0.15) is 0 Å². The van der Waals surface area contributed by atoms with Crippen LogP contribution in [0.15, 0.2) is 18.3 Å². The van der Waals surface area contributed by atoms with Crippen molar-refractivity contribution in [2.75, 3.05) is 6.61 Å². The summed E-state index contributed by atoms with van der Waals surface area (Å²) in [5, 5.41) is 32.0. The third kappa shape index (κ3) is 3.64. The summed E-state index contributed by atoms with van der Waals surface area (Å²) >= 11 is 0. The molecule has 0 radical (unpaired) electrons. The van der Waals surface area contributed by atoms with Crippen LogP contribution in [0.3, 0.4) is 0 Å². The van der Waals surface area contributed by atoms with Gasteiger partial charge in [0.25, 0.3) is 0 Å². The first-order valence-corrected chi connectivity index (χ1v) is 7.25. The highest BCUT2D eigenvalue weighted by Crippen LogP contribution is 2.22. The number of hydrogen-bond acceptors (Lipinski definition) is 6. The van der Waals surface area contributed by atoms with E-state index in [1.165, 1.54) is 0 Å². The van der Waals surface area contributed by atoms with Crippen molar-refractivity contribution in [2.45, 2.75) is 37.4 Å². The molecule has 1 aromatic rings. The molecule has 1 aliphatic rings. The highest BCUT2D eigenvalue weighted by Gasteiger charge is 2.41. The van der Waals surface area contributed by atoms with E-state index >= 15 is 0 Å². The fraction of sp³-hybridized carbons (Fsp3) is 0.467. The van der Waals surface area contributed by atoms with Crippen LogP contribution >= 0.6 is 0 Å². The number of hydrogen-bond donors (Lipinski definition) is 5. The lowest BCUT2D eigenvalue weighted by molar-refractivity contribution is -0.186. The summed E-state index contributed by atoms with van der Waals surface area (Å²) < 4.78 is 44.6. The summed E-state index contributed by atoms with van der Waals surface area (Å²) in [6.45, 7) is 1.11. The maximum atomic E-state index is 13.2. The van der Waals surface area contributed by atoms with E-state index in [1.54, 1.807) is 6.92 Å². The van der Waals surface area contributed by atoms with E-state index in [2.05, 4.69) is 5.32 Å². The third-order valence-electron chi connectivity index (χ3n) is 3.92. The zero-order chi connectivity index (χ0) is 18.0. The number of nitrogens with two attached hydrogens (primary N) is 1. The number of aliphatic hydroxyl groups is 3. The SMILES string of the molecule is CC1OC(CO)C(O)C(N/C=C(\N)c2cc(F)c(F)c(F)c2)C1O. The molecule has 0 spiro atoms. The minimum Gasteiger partial charge on any atom is -0.397 e. The second-order valence-electron chi connectivity index (χ2n) is 5.59. The minimum absolute atomic E-state index is 0.110. The Balaban J connectivity index is 2.19. The molecule has 1 aromatic carbocycles. The molecule has 1 fully saturated rings. The highest BCUT2D eigenvalue weighted by atomic mass is 19.2. The topological polar surface area (TPSA) is 108 Å². The van der Waals surface area contributed by atoms with Gasteiger partial charge in [0.1, 0.15) is 18.3 Å². The van der Waals surface area contributed by atoms with E-state index in [0.717, 1.165) is 18.3 Å². The van der Waals surface area contributed by atoms with Gasteiger partial charge in [-0.3, -0.25) is 0 Å². The number of rotatable bonds is 4. The first kappa shape index (κ1) is 18.5. The van der Waals surface area contributed by atoms with E-state index in [1.807, 2.05) is 0 Å². The Hall–Kier alpha value is -1.81. The predicted molar refractivity (Wildman–Crippen MR) is 78.8 cm³/mol. The Morgan fingerprint density at radius 2 is 1.83 bits per heavy atom. The first-order chi connectivity index (χ1) is 11.3. The summed E-state index contributed by atoms with van der Waals surface area (Å²) in [7, 11) is 0. The van der Waals surface area contributed by atoms with Gasteiger partial charge < -0.3 is 31.1 Å². The summed E-state index contributed by atoms with van der Waals surface area (Å²) in [5.74, 6) is -4.38. The Labute approximate surface area is 136 Å². The molecule has 2 rings (SSSR count). The van der Waals surface area contributed by atoms with Crippen molar-refractivity contribution in [1.82, 2.24) is 5.32 Å². The van der Waals surface area contributed by atoms with Crippen LogP contribution in [-0.4, -0.2) is 52.4 Å². The average molecular weight is 348 g/mol. The van der Waals surface area contributed by atoms with Crippen molar-refractivity contribution in [1.29, 1.82) is 0 Å². The Bertz CT molecular complexity index is 606. The summed E-state index contributed by atoms with van der Waals surface area (Å²) in [5.41, 5.74) is 5.45. The largest absolute Gasteiger partial charge is 0.397 e. The van der Waals surface area contributed by atoms with Gasteiger partial charge in [-0.25, -0.2) is 13.2 Å². The Kier molecular flexibility index (Phi) is 5.70. The van der Waals surface area contributed by atoms with Gasteiger partial charge in [0, 0.05) is 11.8 Å². The number of aliphatic hydroxyl groups excluding tert-OH is 3. The highest BCUT2D eigenvalue weighted by molar-refractivity contribution is 5.62. The van der Waals surface area contributed by atoms with E-state index in [0.29, 0.717) is 0 Å². The normalized spacial score (nSPS) is 31.1. The lowest BCUT2D eigenvalue weighted by Gasteiger charge is -2.41. The maximum Gasteiger partial charge on any atom is 0.194 e. The van der Waals surface area contributed by atoms with Crippen molar-refractivity contribution in [3.63, 3.8) is 0 Å². The van der Waals surface area contributed by atoms with Crippen LogP contribution in [0, 0.1) is 17.5 Å². The van der Waals surface area contributed by atoms with E-state index in [-0.39, 0.29) is 11.3 Å². The monoisotopic (exact) mass is 348 g/mol. The molecule has 5 unspecified atom stereocenters. The lowest BCUT2D eigenvalue weighted by Crippen LogP contribution is -2.62. The molecular weight excluding hydrogens is 329 g/mol. The summed E-state index contributed by atoms with van der Waals surface area (Å²) in [4.78, 5) is 0. The molecule has 6 nitrogen and oxygen atoms in total. The molecule has 9 heteroatoms. The van der Waals surface area contributed by atoms with Gasteiger partial charge in [-0.15, -0.1) is 0 Å². The number of nitrogens with one attached hydrogen (secondary N) is 1. The molecule has 0 bridgehead atoms. The second-order valence-corrected chi connectivity index (χ2v) is 5.59. The van der Waals surface area contributed by atoms with E-state index in [4.69, 9.17) is 10.5 Å². The molecule has 1 aliphatic heterocycles. The lowest BCUT2D eigenvalue weighted by atomic mass is 9.93. The zero-order valence-electron chi connectivity index (χ0n) is 12.8. The van der Waals surface area contributed by atoms with Crippen LogP contribution < -0.4 is 11.1 Å². The van der Waals surface area contributed by atoms with Crippen LogP contribution in [-0.2, 0) is 4.74 Å². The van der Waals surface area contributed by atoms with Crippen LogP contribution in [0.25, 0.3) is 5.70 Å². The molecular formula is C15H19F3N2O4. The molecule has 0 aromatic heterocycles. The molecule has 6 N–H and O–H groups in total. The molecule has 134 valence electrons. The standard InChI is InChI=1S/C15H19F3N2O4/c1-6-14(22)13(15(23)11(5-21)24-6)20-4-10(19)7-2-8(16)12(18)9(17)3-7/h2-4,6,11,13-15,20-23H,5,19H2,1H3/b10-4-. The van der Waals surface area contributed by atoms with Crippen LogP contribution in [0.4, 0.5) is 13.2 Å². The van der Waals surface area contributed by atoms with Crippen molar-refractivity contribution in [3.05, 3.63) is 41.3 Å². The number of ether oxygens (including phenoxy) is 1. The summed E-state index contributed by atoms with van der Waals surface area (Å²) in [6, 6.07) is 0.517. The van der Waals surface area contributed by atoms with Gasteiger partial charge in [-0.1, -0.05) is 0 Å². The van der Waals surface area contributed by atoms with Gasteiger partial charge in [0.15, 0.2) is 17.5 Å². The minimum atomic E-state index is -1.60. The van der Waals surface area contributed by atoms with Gasteiger partial charge in [0.2, 0.25) is 0 Å². The zero-order valence-corrected chi connectivity index (χ0v) is 12.8. The van der Waals surface area contributed by atoms with Gasteiger partial charge in [-0.05, 0) is 19.1 Å². The smallest absolute Gasteiger partial charge is 0.194 e. The van der Waals surface area contributed by atoms with Crippen molar-refractivity contribution in [2.24, 2.45) is 5.73 Å². The number of halogens is 3. The Morgan fingerprint density at radius 1 is 1.25 bits per heavy atom. The molecule has 24 heavy (non-hydrogen) atoms. The number of benzene rings is 1. The quantitative estimate of drug-likeness (QED) is 0.483. The predicted octanol–water partition coefficient (Wildman–Crippen LogP) is -0.179. The second kappa shape index (κ2) is 7.39. The van der Waals surface area contributed by atoms with Crippen LogP contribution in [0.1, 0.15) is 12.5 Å². The molecule has 0 saturated carbocycles. The fourth-order valence-electron chi connectivity index (χ4n) is 2.50. The summed E-state index contributed by atoms with van der Waals surface area (Å²) in [6.07, 6.45) is -2.80. The van der Waals surface area contributed by atoms with Crippen molar-refractivity contribution in [3.8, 4) is 0 Å². The average Bonchev–Trinajstić information content (AvgIpc) is 2.55. The molecule has 1 saturated heterocycles. The van der Waals surface area contributed by atoms with Crippen molar-refractivity contribution >= 4 is 5.70 Å². The third-order valence-corrected chi connectivity index (χ3v) is 3.92. The van der Waals surface area contributed by atoms with E-state index < -0.39 is 54.5 Å². The maximum absolute atomic E-state index is 13.2. The van der Waals surface area contributed by atoms with Crippen LogP contribution in [0.5, 0.6) is 0 Å². The molecule has 0 aliphatic carbocycles. The fourth-order valence-corrected chi connectivity index (χ4v) is 2.50. The molecule has 5 atom stereocenters. The van der Waals surface area contributed by atoms with Gasteiger partial charge in [0.05, 0.1) is 24.4 Å². The molecule has 1 heterocycles. The van der Waals surface area contributed by atoms with E-state index in [9.17, 15) is 28.5 Å². The molecule has 0 amide bonds. The van der Waals surface area contributed by atoms with Crippen molar-refractivity contribution < 1.29 is 33.2 Å².